The number of ether oxygens (including phenoxy) is 4. The maximum atomic E-state index is 14.5. The molecule has 2 N–H and O–H groups in total. The molecule has 0 aliphatic carbocycles. The number of methoxy groups -OCH3 is 2. The van der Waals surface area contributed by atoms with Crippen molar-refractivity contribution >= 4 is 5.97 Å². The largest absolute Gasteiger partial charge is 0.493 e. The number of carbonyl (C=O) groups is 1. The maximum Gasteiger partial charge on any atom is 0.379 e. The zero-order chi connectivity index (χ0) is 20.7. The molecule has 2 aromatic rings. The van der Waals surface area contributed by atoms with Gasteiger partial charge in [0.2, 0.25) is 0 Å². The zero-order valence-electron chi connectivity index (χ0n) is 15.9. The average Bonchev–Trinajstić information content (AvgIpc) is 2.71. The highest BCUT2D eigenvalue weighted by molar-refractivity contribution is 5.79. The molecule has 2 rings (SSSR count). The number of alkyl halides is 2. The standard InChI is InChI=1S/C20H23F2NO5/c1-4-27-19(24)20(21,22)18(23)14-10-16(25-2)17(26-3)11-15(14)28-12-13-8-6-5-7-9-13/h5-11,18H,4,12,23H2,1-3H3/t18-/m1/s1. The normalized spacial score (nSPS) is 12.2. The van der Waals surface area contributed by atoms with E-state index in [0.717, 1.165) is 5.56 Å². The van der Waals surface area contributed by atoms with Gasteiger partial charge in [-0.15, -0.1) is 0 Å². The van der Waals surface area contributed by atoms with Crippen molar-refractivity contribution in [3.05, 3.63) is 53.6 Å². The van der Waals surface area contributed by atoms with Crippen molar-refractivity contribution in [2.45, 2.75) is 25.5 Å². The quantitative estimate of drug-likeness (QED) is 0.655. The van der Waals surface area contributed by atoms with Crippen LogP contribution < -0.4 is 19.9 Å². The van der Waals surface area contributed by atoms with E-state index in [1.54, 1.807) is 0 Å². The fourth-order valence-electron chi connectivity index (χ4n) is 2.53. The van der Waals surface area contributed by atoms with Gasteiger partial charge in [-0.1, -0.05) is 30.3 Å². The third-order valence-corrected chi connectivity index (χ3v) is 4.03. The van der Waals surface area contributed by atoms with Crippen molar-refractivity contribution in [3.8, 4) is 17.2 Å². The van der Waals surface area contributed by atoms with E-state index in [-0.39, 0.29) is 36.0 Å². The summed E-state index contributed by atoms with van der Waals surface area (Å²) in [5, 5.41) is 0. The molecular weight excluding hydrogens is 372 g/mol. The van der Waals surface area contributed by atoms with Crippen LogP contribution in [0.4, 0.5) is 8.78 Å². The molecule has 0 bridgehead atoms. The Bertz CT molecular complexity index is 799. The first-order chi connectivity index (χ1) is 13.3. The smallest absolute Gasteiger partial charge is 0.379 e. The third-order valence-electron chi connectivity index (χ3n) is 4.03. The number of carbonyl (C=O) groups excluding carboxylic acids is 1. The molecule has 2 aromatic carbocycles. The highest BCUT2D eigenvalue weighted by atomic mass is 19.3. The maximum absolute atomic E-state index is 14.5. The lowest BCUT2D eigenvalue weighted by molar-refractivity contribution is -0.174. The fraction of sp³-hybridized carbons (Fsp3) is 0.350. The summed E-state index contributed by atoms with van der Waals surface area (Å²) in [5.74, 6) is -5.15. The van der Waals surface area contributed by atoms with E-state index < -0.39 is 17.9 Å². The minimum absolute atomic E-state index is 0.0537. The fourth-order valence-corrected chi connectivity index (χ4v) is 2.53. The van der Waals surface area contributed by atoms with Crippen LogP contribution in [0.5, 0.6) is 17.2 Å². The molecule has 0 aliphatic rings. The summed E-state index contributed by atoms with van der Waals surface area (Å²) in [6, 6.07) is 9.83. The molecule has 0 saturated carbocycles. The molecule has 0 saturated heterocycles. The molecular formula is C20H23F2NO5. The summed E-state index contributed by atoms with van der Waals surface area (Å²) in [4.78, 5) is 11.7. The van der Waals surface area contributed by atoms with Crippen molar-refractivity contribution in [1.82, 2.24) is 0 Å². The molecule has 1 atom stereocenters. The molecule has 0 radical (unpaired) electrons. The van der Waals surface area contributed by atoms with E-state index in [9.17, 15) is 13.6 Å². The van der Waals surface area contributed by atoms with Gasteiger partial charge < -0.3 is 24.7 Å². The molecule has 0 aromatic heterocycles. The Morgan fingerprint density at radius 3 is 2.25 bits per heavy atom. The number of rotatable bonds is 9. The van der Waals surface area contributed by atoms with E-state index in [1.807, 2.05) is 30.3 Å². The highest BCUT2D eigenvalue weighted by Gasteiger charge is 2.49. The minimum atomic E-state index is -3.96. The van der Waals surface area contributed by atoms with Gasteiger partial charge in [0, 0.05) is 11.6 Å². The van der Waals surface area contributed by atoms with Crippen LogP contribution in [-0.2, 0) is 16.1 Å². The van der Waals surface area contributed by atoms with Crippen molar-refractivity contribution in [2.75, 3.05) is 20.8 Å². The van der Waals surface area contributed by atoms with Gasteiger partial charge in [0.05, 0.1) is 20.8 Å². The average molecular weight is 395 g/mol. The van der Waals surface area contributed by atoms with E-state index >= 15 is 0 Å². The Labute approximate surface area is 162 Å². The molecule has 6 nitrogen and oxygen atoms in total. The molecule has 0 amide bonds. The first-order valence-electron chi connectivity index (χ1n) is 8.58. The zero-order valence-corrected chi connectivity index (χ0v) is 15.9. The topological polar surface area (TPSA) is 80.0 Å². The molecule has 0 spiro atoms. The summed E-state index contributed by atoms with van der Waals surface area (Å²) >= 11 is 0. The molecule has 28 heavy (non-hydrogen) atoms. The lowest BCUT2D eigenvalue weighted by Gasteiger charge is -2.25. The summed E-state index contributed by atoms with van der Waals surface area (Å²) < 4.78 is 49.6. The number of hydrogen-bond donors (Lipinski definition) is 1. The van der Waals surface area contributed by atoms with Crippen molar-refractivity contribution < 1.29 is 32.5 Å². The van der Waals surface area contributed by atoms with Gasteiger partial charge >= 0.3 is 11.9 Å². The first-order valence-corrected chi connectivity index (χ1v) is 8.58. The van der Waals surface area contributed by atoms with E-state index in [4.69, 9.17) is 19.9 Å². The minimum Gasteiger partial charge on any atom is -0.493 e. The Hall–Kier alpha value is -2.87. The monoisotopic (exact) mass is 395 g/mol. The second-order valence-corrected chi connectivity index (χ2v) is 5.84. The van der Waals surface area contributed by atoms with Crippen molar-refractivity contribution in [3.63, 3.8) is 0 Å². The van der Waals surface area contributed by atoms with Crippen LogP contribution >= 0.6 is 0 Å². The van der Waals surface area contributed by atoms with Gasteiger partial charge in [-0.05, 0) is 18.6 Å². The molecule has 152 valence electrons. The molecule has 0 heterocycles. The number of hydrogen-bond acceptors (Lipinski definition) is 6. The van der Waals surface area contributed by atoms with Crippen LogP contribution in [0.25, 0.3) is 0 Å². The SMILES string of the molecule is CCOC(=O)C(F)(F)[C@H](N)c1cc(OC)c(OC)cc1OCc1ccccc1. The molecule has 0 aliphatic heterocycles. The van der Waals surface area contributed by atoms with E-state index in [0.29, 0.717) is 0 Å². The van der Waals surface area contributed by atoms with Crippen LogP contribution in [0.1, 0.15) is 24.1 Å². The van der Waals surface area contributed by atoms with Gasteiger partial charge in [0.1, 0.15) is 18.4 Å². The summed E-state index contributed by atoms with van der Waals surface area (Å²) in [6.07, 6.45) is 0. The lowest BCUT2D eigenvalue weighted by atomic mass is 9.99. The second-order valence-electron chi connectivity index (χ2n) is 5.84. The Morgan fingerprint density at radius 2 is 1.68 bits per heavy atom. The van der Waals surface area contributed by atoms with Crippen molar-refractivity contribution in [1.29, 1.82) is 0 Å². The predicted molar refractivity (Wildman–Crippen MR) is 98.8 cm³/mol. The van der Waals surface area contributed by atoms with Gasteiger partial charge in [-0.3, -0.25) is 0 Å². The Kier molecular flexibility index (Phi) is 7.17. The first kappa shape index (κ1) is 21.4. The molecule has 0 fully saturated rings. The third kappa shape index (κ3) is 4.69. The van der Waals surface area contributed by atoms with Crippen molar-refractivity contribution in [2.24, 2.45) is 5.73 Å². The Morgan fingerprint density at radius 1 is 1.07 bits per heavy atom. The molecule has 8 heteroatoms. The van der Waals surface area contributed by atoms with Crippen LogP contribution in [-0.4, -0.2) is 32.7 Å². The van der Waals surface area contributed by atoms with Crippen LogP contribution in [0, 0.1) is 0 Å². The predicted octanol–water partition coefficient (Wildman–Crippen LogP) is 3.48. The Balaban J connectivity index is 2.43. The van der Waals surface area contributed by atoms with Gasteiger partial charge in [0.15, 0.2) is 11.5 Å². The second kappa shape index (κ2) is 9.36. The van der Waals surface area contributed by atoms with Gasteiger partial charge in [0.25, 0.3) is 0 Å². The van der Waals surface area contributed by atoms with Gasteiger partial charge in [-0.2, -0.15) is 8.78 Å². The van der Waals surface area contributed by atoms with Crippen LogP contribution in [0.3, 0.4) is 0 Å². The lowest BCUT2D eigenvalue weighted by Crippen LogP contribution is -2.42. The molecule has 0 unspecified atom stereocenters. The summed E-state index contributed by atoms with van der Waals surface area (Å²) in [7, 11) is 2.77. The van der Waals surface area contributed by atoms with E-state index in [1.165, 1.54) is 33.3 Å². The highest BCUT2D eigenvalue weighted by Crippen LogP contribution is 2.42. The number of esters is 1. The number of benzene rings is 2. The van der Waals surface area contributed by atoms with E-state index in [2.05, 4.69) is 4.74 Å². The van der Waals surface area contributed by atoms with Crippen LogP contribution in [0.15, 0.2) is 42.5 Å². The van der Waals surface area contributed by atoms with Crippen LogP contribution in [0.2, 0.25) is 0 Å². The summed E-state index contributed by atoms with van der Waals surface area (Å²) in [5.41, 5.74) is 6.48. The number of halogens is 2. The van der Waals surface area contributed by atoms with Gasteiger partial charge in [-0.25, -0.2) is 4.79 Å². The summed E-state index contributed by atoms with van der Waals surface area (Å²) in [6.45, 7) is 1.36. The number of nitrogens with two attached hydrogens (primary N) is 1.